The van der Waals surface area contributed by atoms with Crippen LogP contribution in [-0.4, -0.2) is 34.7 Å². The normalized spacial score (nSPS) is 14.3. The third-order valence-electron chi connectivity index (χ3n) is 0.988. The molecule has 5 heteroatoms. The van der Waals surface area contributed by atoms with Crippen LogP contribution >= 0.6 is 0 Å². The molecule has 0 aromatic rings. The van der Waals surface area contributed by atoms with E-state index in [0.717, 1.165) is 0 Å². The van der Waals surface area contributed by atoms with Gasteiger partial charge in [-0.2, -0.15) is 0 Å². The first kappa shape index (κ1) is 9.90. The fourth-order valence-electron chi connectivity index (χ4n) is 0.500. The fourth-order valence-corrected chi connectivity index (χ4v) is 0.500. The maximum Gasteiger partial charge on any atom is 0.358 e. The molecule has 1 atom stereocenters. The largest absolute Gasteiger partial charge is 0.461 e. The van der Waals surface area contributed by atoms with E-state index in [4.69, 9.17) is 10.3 Å². The number of hydrogen-bond acceptors (Lipinski definition) is 5. The van der Waals surface area contributed by atoms with Crippen molar-refractivity contribution in [1.29, 1.82) is 0 Å². The molecular weight excluding hydrogens is 150 g/mol. The van der Waals surface area contributed by atoms with E-state index in [0.29, 0.717) is 0 Å². The Morgan fingerprint density at radius 1 is 1.73 bits per heavy atom. The molecule has 0 rings (SSSR count). The maximum atomic E-state index is 10.7. The number of esters is 1. The highest BCUT2D eigenvalue weighted by Crippen LogP contribution is 1.91. The Bertz CT molecular complexity index is 164. The van der Waals surface area contributed by atoms with Crippen molar-refractivity contribution in [2.24, 2.45) is 5.16 Å². The van der Waals surface area contributed by atoms with Crippen LogP contribution in [0.4, 0.5) is 0 Å². The summed E-state index contributed by atoms with van der Waals surface area (Å²) in [6.07, 6.45) is -1.11. The quantitative estimate of drug-likeness (QED) is 0.259. The molecule has 64 valence electrons. The maximum absolute atomic E-state index is 10.7. The van der Waals surface area contributed by atoms with E-state index in [9.17, 15) is 4.79 Å². The molecule has 0 aromatic carbocycles. The van der Waals surface area contributed by atoms with Crippen molar-refractivity contribution < 1.29 is 19.8 Å². The van der Waals surface area contributed by atoms with Crippen molar-refractivity contribution in [2.45, 2.75) is 20.0 Å². The molecule has 5 nitrogen and oxygen atoms in total. The van der Waals surface area contributed by atoms with Gasteiger partial charge in [0.25, 0.3) is 0 Å². The van der Waals surface area contributed by atoms with Gasteiger partial charge in [-0.15, -0.1) is 0 Å². The summed E-state index contributed by atoms with van der Waals surface area (Å²) in [5.74, 6) is -0.801. The predicted molar refractivity (Wildman–Crippen MR) is 37.5 cm³/mol. The molecule has 0 heterocycles. The van der Waals surface area contributed by atoms with Crippen LogP contribution in [0.2, 0.25) is 0 Å². The van der Waals surface area contributed by atoms with Crippen molar-refractivity contribution in [3.05, 3.63) is 0 Å². The van der Waals surface area contributed by atoms with Crippen LogP contribution in [0.5, 0.6) is 0 Å². The standard InChI is InChI=1S/C6H11NO4/c1-3-11-6(9)5(7-10)4(2)8/h4,8,10H,3H2,1-2H3. The highest BCUT2D eigenvalue weighted by Gasteiger charge is 2.18. The summed E-state index contributed by atoms with van der Waals surface area (Å²) in [7, 11) is 0. The second kappa shape index (κ2) is 4.68. The van der Waals surface area contributed by atoms with Crippen LogP contribution in [0.1, 0.15) is 13.8 Å². The summed E-state index contributed by atoms with van der Waals surface area (Å²) in [5.41, 5.74) is -0.383. The lowest BCUT2D eigenvalue weighted by molar-refractivity contribution is -0.135. The van der Waals surface area contributed by atoms with Crippen molar-refractivity contribution in [2.75, 3.05) is 6.61 Å². The van der Waals surface area contributed by atoms with Crippen molar-refractivity contribution in [3.8, 4) is 0 Å². The second-order valence-electron chi connectivity index (χ2n) is 1.88. The van der Waals surface area contributed by atoms with Gasteiger partial charge in [0, 0.05) is 0 Å². The lowest BCUT2D eigenvalue weighted by atomic mass is 10.2. The summed E-state index contributed by atoms with van der Waals surface area (Å²) < 4.78 is 4.47. The van der Waals surface area contributed by atoms with Gasteiger partial charge in [-0.1, -0.05) is 5.16 Å². The number of oxime groups is 1. The Kier molecular flexibility index (Phi) is 4.21. The SMILES string of the molecule is CCOC(=O)C(=NO)C(C)O. The van der Waals surface area contributed by atoms with Gasteiger partial charge in [0.15, 0.2) is 5.71 Å². The van der Waals surface area contributed by atoms with Gasteiger partial charge in [-0.3, -0.25) is 0 Å². The molecule has 0 aromatic heterocycles. The first-order valence-corrected chi connectivity index (χ1v) is 3.20. The van der Waals surface area contributed by atoms with Crippen molar-refractivity contribution >= 4 is 11.7 Å². The molecular formula is C6H11NO4. The summed E-state index contributed by atoms with van der Waals surface area (Å²) in [6, 6.07) is 0. The highest BCUT2D eigenvalue weighted by atomic mass is 16.5. The summed E-state index contributed by atoms with van der Waals surface area (Å²) >= 11 is 0. The second-order valence-corrected chi connectivity index (χ2v) is 1.88. The van der Waals surface area contributed by atoms with Crippen molar-refractivity contribution in [1.82, 2.24) is 0 Å². The van der Waals surface area contributed by atoms with Crippen LogP contribution in [0.3, 0.4) is 0 Å². The number of aliphatic hydroxyl groups excluding tert-OH is 1. The number of ether oxygens (including phenoxy) is 1. The molecule has 0 spiro atoms. The lowest BCUT2D eigenvalue weighted by Gasteiger charge is -2.04. The molecule has 0 aliphatic rings. The molecule has 0 aliphatic heterocycles. The van der Waals surface area contributed by atoms with Crippen LogP contribution in [0, 0.1) is 0 Å². The van der Waals surface area contributed by atoms with E-state index in [1.54, 1.807) is 6.92 Å². The van der Waals surface area contributed by atoms with E-state index in [1.807, 2.05) is 0 Å². The van der Waals surface area contributed by atoms with Crippen LogP contribution < -0.4 is 0 Å². The number of rotatable bonds is 3. The predicted octanol–water partition coefficient (Wildman–Crippen LogP) is -0.239. The molecule has 0 amide bonds. The zero-order valence-electron chi connectivity index (χ0n) is 6.44. The van der Waals surface area contributed by atoms with Gasteiger partial charge in [0.1, 0.15) is 6.10 Å². The Hall–Kier alpha value is -1.10. The number of carbonyl (C=O) groups is 1. The molecule has 0 saturated heterocycles. The fraction of sp³-hybridized carbons (Fsp3) is 0.667. The molecule has 0 fully saturated rings. The van der Waals surface area contributed by atoms with Crippen LogP contribution in [-0.2, 0) is 9.53 Å². The first-order valence-electron chi connectivity index (χ1n) is 3.20. The van der Waals surface area contributed by atoms with Crippen LogP contribution in [0.15, 0.2) is 5.16 Å². The van der Waals surface area contributed by atoms with Gasteiger partial charge in [0.05, 0.1) is 6.61 Å². The van der Waals surface area contributed by atoms with Gasteiger partial charge < -0.3 is 15.1 Å². The summed E-state index contributed by atoms with van der Waals surface area (Å²) in [5, 5.41) is 19.6. The van der Waals surface area contributed by atoms with E-state index in [-0.39, 0.29) is 12.3 Å². The number of carbonyl (C=O) groups excluding carboxylic acids is 1. The van der Waals surface area contributed by atoms with E-state index >= 15 is 0 Å². The molecule has 0 bridgehead atoms. The third-order valence-corrected chi connectivity index (χ3v) is 0.988. The van der Waals surface area contributed by atoms with E-state index in [2.05, 4.69) is 9.89 Å². The third kappa shape index (κ3) is 2.99. The molecule has 11 heavy (non-hydrogen) atoms. The topological polar surface area (TPSA) is 79.1 Å². The molecule has 0 aliphatic carbocycles. The minimum atomic E-state index is -1.11. The highest BCUT2D eigenvalue weighted by molar-refractivity contribution is 6.37. The Labute approximate surface area is 64.3 Å². The zero-order chi connectivity index (χ0) is 8.85. The van der Waals surface area contributed by atoms with Crippen LogP contribution in [0.25, 0.3) is 0 Å². The summed E-state index contributed by atoms with van der Waals surface area (Å²) in [6.45, 7) is 3.12. The van der Waals surface area contributed by atoms with Gasteiger partial charge in [-0.05, 0) is 13.8 Å². The minimum Gasteiger partial charge on any atom is -0.461 e. The van der Waals surface area contributed by atoms with E-state index in [1.165, 1.54) is 6.92 Å². The lowest BCUT2D eigenvalue weighted by Crippen LogP contribution is -2.28. The molecule has 1 unspecified atom stereocenters. The Morgan fingerprint density at radius 3 is 2.55 bits per heavy atom. The Balaban J connectivity index is 4.17. The van der Waals surface area contributed by atoms with Crippen molar-refractivity contribution in [3.63, 3.8) is 0 Å². The number of hydrogen-bond donors (Lipinski definition) is 2. The molecule has 0 radical (unpaired) electrons. The smallest absolute Gasteiger partial charge is 0.358 e. The van der Waals surface area contributed by atoms with E-state index < -0.39 is 12.1 Å². The van der Waals surface area contributed by atoms with Gasteiger partial charge in [0.2, 0.25) is 0 Å². The average molecular weight is 161 g/mol. The Morgan fingerprint density at radius 2 is 2.27 bits per heavy atom. The number of nitrogens with zero attached hydrogens (tertiary/aromatic N) is 1. The van der Waals surface area contributed by atoms with Gasteiger partial charge in [-0.25, -0.2) is 4.79 Å². The van der Waals surface area contributed by atoms with Gasteiger partial charge >= 0.3 is 5.97 Å². The first-order chi connectivity index (χ1) is 5.13. The zero-order valence-corrected chi connectivity index (χ0v) is 6.44. The molecule has 0 saturated carbocycles. The molecule has 2 N–H and O–H groups in total. The average Bonchev–Trinajstić information content (AvgIpc) is 1.88. The summed E-state index contributed by atoms with van der Waals surface area (Å²) in [4.78, 5) is 10.7. The monoisotopic (exact) mass is 161 g/mol. The minimum absolute atomic E-state index is 0.185. The number of aliphatic hydroxyl groups is 1.